The van der Waals surface area contributed by atoms with E-state index in [0.29, 0.717) is 11.5 Å². The summed E-state index contributed by atoms with van der Waals surface area (Å²) in [5.74, 6) is 1.14. The summed E-state index contributed by atoms with van der Waals surface area (Å²) in [6, 6.07) is 8.98. The topological polar surface area (TPSA) is 55.6 Å². The van der Waals surface area contributed by atoms with Gasteiger partial charge in [-0.25, -0.2) is 0 Å². The maximum absolute atomic E-state index is 11.7. The van der Waals surface area contributed by atoms with Crippen LogP contribution in [0.2, 0.25) is 0 Å². The number of hydrogen-bond acceptors (Lipinski definition) is 4. The van der Waals surface area contributed by atoms with Crippen molar-refractivity contribution in [2.24, 2.45) is 0 Å². The fourth-order valence-corrected chi connectivity index (χ4v) is 1.50. The summed E-state index contributed by atoms with van der Waals surface area (Å²) in [5, 5.41) is 3.76. The number of carbonyl (C=O) groups is 1. The normalized spacial score (nSPS) is 10.2. The van der Waals surface area contributed by atoms with E-state index >= 15 is 0 Å². The van der Waals surface area contributed by atoms with Gasteiger partial charge in [0.1, 0.15) is 5.75 Å². The molecule has 0 aliphatic rings. The molecule has 2 aromatic rings. The van der Waals surface area contributed by atoms with Crippen molar-refractivity contribution in [1.29, 1.82) is 0 Å². The van der Waals surface area contributed by atoms with Crippen LogP contribution in [0.1, 0.15) is 10.5 Å². The summed E-state index contributed by atoms with van der Waals surface area (Å²) in [4.78, 5) is 13.1. The highest BCUT2D eigenvalue weighted by Gasteiger charge is 2.15. The molecular weight excluding hydrogens is 232 g/mol. The molecule has 0 atom stereocenters. The van der Waals surface area contributed by atoms with E-state index in [1.54, 1.807) is 27.3 Å². The molecule has 0 fully saturated rings. The molecule has 1 heterocycles. The predicted octanol–water partition coefficient (Wildman–Crippen LogP) is 2.05. The third kappa shape index (κ3) is 2.34. The predicted molar refractivity (Wildman–Crippen MR) is 66.5 cm³/mol. The van der Waals surface area contributed by atoms with Crippen LogP contribution in [0.4, 0.5) is 0 Å². The molecule has 0 N–H and O–H groups in total. The Balaban J connectivity index is 2.26. The fourth-order valence-electron chi connectivity index (χ4n) is 1.50. The molecule has 18 heavy (non-hydrogen) atoms. The van der Waals surface area contributed by atoms with Gasteiger partial charge in [-0.3, -0.25) is 4.79 Å². The molecule has 1 aromatic heterocycles. The van der Waals surface area contributed by atoms with Crippen molar-refractivity contribution in [3.8, 4) is 17.1 Å². The largest absolute Gasteiger partial charge is 0.497 e. The van der Waals surface area contributed by atoms with E-state index in [-0.39, 0.29) is 5.91 Å². The van der Waals surface area contributed by atoms with E-state index in [0.717, 1.165) is 11.3 Å². The van der Waals surface area contributed by atoms with Gasteiger partial charge in [0.15, 0.2) is 11.5 Å². The van der Waals surface area contributed by atoms with Crippen LogP contribution in [0.25, 0.3) is 11.3 Å². The number of rotatable bonds is 3. The zero-order chi connectivity index (χ0) is 13.1. The van der Waals surface area contributed by atoms with Gasteiger partial charge in [-0.05, 0) is 24.3 Å². The van der Waals surface area contributed by atoms with Crippen LogP contribution in [0.3, 0.4) is 0 Å². The Labute approximate surface area is 105 Å². The summed E-state index contributed by atoms with van der Waals surface area (Å²) >= 11 is 0. The maximum Gasteiger partial charge on any atom is 0.275 e. The van der Waals surface area contributed by atoms with Crippen molar-refractivity contribution in [2.75, 3.05) is 21.2 Å². The Morgan fingerprint density at radius 3 is 2.50 bits per heavy atom. The van der Waals surface area contributed by atoms with Gasteiger partial charge < -0.3 is 14.2 Å². The van der Waals surface area contributed by atoms with Crippen LogP contribution in [0.15, 0.2) is 34.9 Å². The number of benzene rings is 1. The lowest BCUT2D eigenvalue weighted by atomic mass is 10.1. The molecule has 1 amide bonds. The highest BCUT2D eigenvalue weighted by atomic mass is 16.5. The zero-order valence-electron chi connectivity index (χ0n) is 10.5. The number of hydrogen-bond donors (Lipinski definition) is 0. The Bertz CT molecular complexity index is 544. The van der Waals surface area contributed by atoms with Gasteiger partial charge in [0.25, 0.3) is 5.91 Å². The molecule has 0 aliphatic heterocycles. The minimum atomic E-state index is -0.182. The quantitative estimate of drug-likeness (QED) is 0.831. The van der Waals surface area contributed by atoms with Crippen LogP contribution in [-0.4, -0.2) is 37.2 Å². The highest BCUT2D eigenvalue weighted by molar-refractivity contribution is 5.92. The van der Waals surface area contributed by atoms with Gasteiger partial charge in [0, 0.05) is 25.7 Å². The number of carbonyl (C=O) groups excluding carboxylic acids is 1. The molecule has 0 spiro atoms. The van der Waals surface area contributed by atoms with E-state index in [9.17, 15) is 4.79 Å². The summed E-state index contributed by atoms with van der Waals surface area (Å²) in [6.45, 7) is 0. The minimum Gasteiger partial charge on any atom is -0.497 e. The molecule has 0 radical (unpaired) electrons. The van der Waals surface area contributed by atoms with Crippen LogP contribution >= 0.6 is 0 Å². The second kappa shape index (κ2) is 4.91. The first-order valence-electron chi connectivity index (χ1n) is 5.44. The van der Waals surface area contributed by atoms with Crippen LogP contribution < -0.4 is 4.74 Å². The number of ether oxygens (including phenoxy) is 1. The standard InChI is InChI=1S/C13H14N2O3/c1-15(2)13(16)11-8-12(18-14-11)9-4-6-10(17-3)7-5-9/h4-8H,1-3H3. The first-order chi connectivity index (χ1) is 8.61. The van der Waals surface area contributed by atoms with E-state index in [4.69, 9.17) is 9.26 Å². The smallest absolute Gasteiger partial charge is 0.275 e. The molecule has 0 unspecified atom stereocenters. The third-order valence-electron chi connectivity index (χ3n) is 2.51. The van der Waals surface area contributed by atoms with Crippen molar-refractivity contribution < 1.29 is 14.1 Å². The van der Waals surface area contributed by atoms with Gasteiger partial charge in [-0.1, -0.05) is 5.16 Å². The van der Waals surface area contributed by atoms with Gasteiger partial charge in [0.05, 0.1) is 7.11 Å². The Morgan fingerprint density at radius 1 is 1.28 bits per heavy atom. The van der Waals surface area contributed by atoms with E-state index < -0.39 is 0 Å². The van der Waals surface area contributed by atoms with Crippen LogP contribution in [-0.2, 0) is 0 Å². The molecule has 1 aromatic carbocycles. The van der Waals surface area contributed by atoms with Crippen molar-refractivity contribution in [3.05, 3.63) is 36.0 Å². The van der Waals surface area contributed by atoms with Gasteiger partial charge in [-0.2, -0.15) is 0 Å². The molecule has 5 heteroatoms. The molecule has 2 rings (SSSR count). The Morgan fingerprint density at radius 2 is 1.94 bits per heavy atom. The lowest BCUT2D eigenvalue weighted by Crippen LogP contribution is -2.21. The molecule has 0 aliphatic carbocycles. The molecule has 0 saturated heterocycles. The highest BCUT2D eigenvalue weighted by Crippen LogP contribution is 2.23. The molecule has 94 valence electrons. The first-order valence-corrected chi connectivity index (χ1v) is 5.44. The lowest BCUT2D eigenvalue weighted by Gasteiger charge is -2.05. The number of aromatic nitrogens is 1. The first kappa shape index (κ1) is 12.2. The van der Waals surface area contributed by atoms with Crippen LogP contribution in [0.5, 0.6) is 5.75 Å². The number of nitrogens with zero attached hydrogens (tertiary/aromatic N) is 2. The molecule has 0 saturated carbocycles. The van der Waals surface area contributed by atoms with Crippen molar-refractivity contribution >= 4 is 5.91 Å². The second-order valence-corrected chi connectivity index (χ2v) is 4.00. The van der Waals surface area contributed by atoms with E-state index in [1.807, 2.05) is 24.3 Å². The molecular formula is C13H14N2O3. The number of amides is 1. The van der Waals surface area contributed by atoms with E-state index in [2.05, 4.69) is 5.16 Å². The van der Waals surface area contributed by atoms with Gasteiger partial charge in [0.2, 0.25) is 0 Å². The second-order valence-electron chi connectivity index (χ2n) is 4.00. The van der Waals surface area contributed by atoms with Crippen molar-refractivity contribution in [3.63, 3.8) is 0 Å². The molecule has 0 bridgehead atoms. The zero-order valence-corrected chi connectivity index (χ0v) is 10.5. The van der Waals surface area contributed by atoms with Crippen molar-refractivity contribution in [1.82, 2.24) is 10.1 Å². The van der Waals surface area contributed by atoms with Crippen molar-refractivity contribution in [2.45, 2.75) is 0 Å². The SMILES string of the molecule is COc1ccc(-c2cc(C(=O)N(C)C)no2)cc1. The van der Waals surface area contributed by atoms with E-state index in [1.165, 1.54) is 4.90 Å². The van der Waals surface area contributed by atoms with Gasteiger partial charge >= 0.3 is 0 Å². The number of methoxy groups -OCH3 is 1. The lowest BCUT2D eigenvalue weighted by molar-refractivity contribution is 0.0817. The monoisotopic (exact) mass is 246 g/mol. The van der Waals surface area contributed by atoms with Gasteiger partial charge in [-0.15, -0.1) is 0 Å². The summed E-state index contributed by atoms with van der Waals surface area (Å²) in [7, 11) is 4.95. The minimum absolute atomic E-state index is 0.182. The summed E-state index contributed by atoms with van der Waals surface area (Å²) in [6.07, 6.45) is 0. The summed E-state index contributed by atoms with van der Waals surface area (Å²) < 4.78 is 10.2. The third-order valence-corrected chi connectivity index (χ3v) is 2.51. The Hall–Kier alpha value is -2.30. The maximum atomic E-state index is 11.7. The average Bonchev–Trinajstić information content (AvgIpc) is 2.87. The van der Waals surface area contributed by atoms with Crippen LogP contribution in [0, 0.1) is 0 Å². The Kier molecular flexibility index (Phi) is 3.32. The molecule has 5 nitrogen and oxygen atoms in total. The fraction of sp³-hybridized carbons (Fsp3) is 0.231. The summed E-state index contributed by atoms with van der Waals surface area (Å²) in [5.41, 5.74) is 1.15. The average molecular weight is 246 g/mol.